The highest BCUT2D eigenvalue weighted by atomic mass is 79.9. The lowest BCUT2D eigenvalue weighted by Gasteiger charge is -2.12. The van der Waals surface area contributed by atoms with E-state index in [2.05, 4.69) is 31.9 Å². The fourth-order valence-electron chi connectivity index (χ4n) is 1.54. The van der Waals surface area contributed by atoms with Gasteiger partial charge in [-0.25, -0.2) is 0 Å². The van der Waals surface area contributed by atoms with Crippen molar-refractivity contribution >= 4 is 43.2 Å². The Hall–Kier alpha value is -0.360. The zero-order valence-corrected chi connectivity index (χ0v) is 13.1. The molecule has 2 N–H and O–H groups in total. The number of ether oxygens (including phenoxy) is 1. The molecule has 0 aliphatic rings. The van der Waals surface area contributed by atoms with Crippen LogP contribution in [-0.4, -0.2) is 7.11 Å². The maximum atomic E-state index is 6.22. The molecule has 5 heteroatoms. The van der Waals surface area contributed by atoms with Crippen molar-refractivity contribution in [2.75, 3.05) is 7.11 Å². The van der Waals surface area contributed by atoms with Gasteiger partial charge in [-0.1, -0.05) is 6.07 Å². The van der Waals surface area contributed by atoms with Crippen LogP contribution in [0, 0.1) is 0 Å². The molecule has 0 fully saturated rings. The third kappa shape index (κ3) is 2.91. The number of halogens is 2. The fraction of sp³-hybridized carbons (Fsp3) is 0.167. The van der Waals surface area contributed by atoms with Crippen molar-refractivity contribution in [3.63, 3.8) is 0 Å². The van der Waals surface area contributed by atoms with Gasteiger partial charge in [-0.05, 0) is 61.7 Å². The van der Waals surface area contributed by atoms with Gasteiger partial charge >= 0.3 is 0 Å². The Morgan fingerprint density at radius 3 is 2.53 bits per heavy atom. The molecule has 1 aromatic heterocycles. The molecule has 0 aliphatic heterocycles. The Bertz CT molecular complexity index is 527. The largest absolute Gasteiger partial charge is 0.496 e. The minimum atomic E-state index is -0.103. The molecule has 0 spiro atoms. The summed E-state index contributed by atoms with van der Waals surface area (Å²) in [5, 5.41) is 0. The zero-order valence-electron chi connectivity index (χ0n) is 9.11. The van der Waals surface area contributed by atoms with Gasteiger partial charge in [-0.15, -0.1) is 11.3 Å². The summed E-state index contributed by atoms with van der Waals surface area (Å²) < 4.78 is 7.21. The summed E-state index contributed by atoms with van der Waals surface area (Å²) in [5.74, 6) is 0.813. The first kappa shape index (κ1) is 13.1. The van der Waals surface area contributed by atoms with Gasteiger partial charge in [0.1, 0.15) is 5.75 Å². The molecular formula is C12H11Br2NOS. The Morgan fingerprint density at radius 2 is 2.00 bits per heavy atom. The number of rotatable bonds is 3. The average molecular weight is 377 g/mol. The SMILES string of the molecule is COc1ccc(C(N)c2ccc(Br)s2)cc1Br. The Balaban J connectivity index is 2.31. The van der Waals surface area contributed by atoms with E-state index in [1.165, 1.54) is 0 Å². The van der Waals surface area contributed by atoms with Crippen LogP contribution in [0.1, 0.15) is 16.5 Å². The van der Waals surface area contributed by atoms with Crippen LogP contribution in [-0.2, 0) is 0 Å². The molecule has 2 rings (SSSR count). The molecule has 0 amide bonds. The molecule has 0 saturated carbocycles. The summed E-state index contributed by atoms with van der Waals surface area (Å²) in [5.41, 5.74) is 7.28. The van der Waals surface area contributed by atoms with Crippen molar-refractivity contribution in [1.82, 2.24) is 0 Å². The summed E-state index contributed by atoms with van der Waals surface area (Å²) in [4.78, 5) is 1.13. The number of thiophene rings is 1. The van der Waals surface area contributed by atoms with E-state index in [9.17, 15) is 0 Å². The van der Waals surface area contributed by atoms with Gasteiger partial charge in [-0.2, -0.15) is 0 Å². The quantitative estimate of drug-likeness (QED) is 0.865. The van der Waals surface area contributed by atoms with E-state index in [4.69, 9.17) is 10.5 Å². The van der Waals surface area contributed by atoms with Crippen molar-refractivity contribution < 1.29 is 4.74 Å². The zero-order chi connectivity index (χ0) is 12.4. The van der Waals surface area contributed by atoms with Gasteiger partial charge in [0.2, 0.25) is 0 Å². The lowest BCUT2D eigenvalue weighted by atomic mass is 10.1. The van der Waals surface area contributed by atoms with Crippen LogP contribution >= 0.6 is 43.2 Å². The predicted octanol–water partition coefficient (Wildman–Crippen LogP) is 4.33. The lowest BCUT2D eigenvalue weighted by molar-refractivity contribution is 0.412. The summed E-state index contributed by atoms with van der Waals surface area (Å²) >= 11 is 8.56. The van der Waals surface area contributed by atoms with Crippen molar-refractivity contribution in [2.24, 2.45) is 5.73 Å². The molecule has 0 saturated heterocycles. The highest BCUT2D eigenvalue weighted by molar-refractivity contribution is 9.11. The summed E-state index contributed by atoms with van der Waals surface area (Å²) in [6.07, 6.45) is 0. The Morgan fingerprint density at radius 1 is 1.24 bits per heavy atom. The average Bonchev–Trinajstić information content (AvgIpc) is 2.75. The number of hydrogen-bond donors (Lipinski definition) is 1. The molecule has 1 atom stereocenters. The molecule has 2 nitrogen and oxygen atoms in total. The second-order valence-corrected chi connectivity index (χ2v) is 6.86. The number of hydrogen-bond acceptors (Lipinski definition) is 3. The molecule has 1 aromatic carbocycles. The number of benzene rings is 1. The van der Waals surface area contributed by atoms with Crippen LogP contribution in [0.4, 0.5) is 0 Å². The second-order valence-electron chi connectivity index (χ2n) is 3.51. The van der Waals surface area contributed by atoms with E-state index in [1.54, 1.807) is 18.4 Å². The van der Waals surface area contributed by atoms with Crippen LogP contribution in [0.3, 0.4) is 0 Å². The van der Waals surface area contributed by atoms with E-state index in [0.29, 0.717) is 0 Å². The van der Waals surface area contributed by atoms with E-state index in [0.717, 1.165) is 24.4 Å². The standard InChI is InChI=1S/C12H11Br2NOS/c1-16-9-3-2-7(6-8(9)13)12(15)10-4-5-11(14)17-10/h2-6,12H,15H2,1H3. The summed E-state index contributed by atoms with van der Waals surface area (Å²) in [7, 11) is 1.65. The molecular weight excluding hydrogens is 366 g/mol. The fourth-order valence-corrected chi connectivity index (χ4v) is 3.55. The molecule has 1 unspecified atom stereocenters. The topological polar surface area (TPSA) is 35.2 Å². The highest BCUT2D eigenvalue weighted by Crippen LogP contribution is 2.33. The highest BCUT2D eigenvalue weighted by Gasteiger charge is 2.12. The van der Waals surface area contributed by atoms with Crippen LogP contribution in [0.25, 0.3) is 0 Å². The Labute approximate surface area is 121 Å². The summed E-state index contributed by atoms with van der Waals surface area (Å²) in [6.45, 7) is 0. The van der Waals surface area contributed by atoms with Crippen molar-refractivity contribution in [2.45, 2.75) is 6.04 Å². The maximum Gasteiger partial charge on any atom is 0.133 e. The third-order valence-corrected chi connectivity index (χ3v) is 4.76. The van der Waals surface area contributed by atoms with E-state index in [-0.39, 0.29) is 6.04 Å². The molecule has 0 radical (unpaired) electrons. The van der Waals surface area contributed by atoms with Crippen LogP contribution < -0.4 is 10.5 Å². The van der Waals surface area contributed by atoms with Crippen LogP contribution in [0.2, 0.25) is 0 Å². The number of nitrogens with two attached hydrogens (primary N) is 1. The van der Waals surface area contributed by atoms with Crippen molar-refractivity contribution in [3.8, 4) is 5.75 Å². The van der Waals surface area contributed by atoms with E-state index >= 15 is 0 Å². The van der Waals surface area contributed by atoms with Gasteiger partial charge in [0.05, 0.1) is 21.4 Å². The van der Waals surface area contributed by atoms with Gasteiger partial charge in [-0.3, -0.25) is 0 Å². The monoisotopic (exact) mass is 375 g/mol. The van der Waals surface area contributed by atoms with Crippen molar-refractivity contribution in [3.05, 3.63) is 49.0 Å². The van der Waals surface area contributed by atoms with Gasteiger partial charge in [0, 0.05) is 4.88 Å². The minimum absolute atomic E-state index is 0.103. The molecule has 1 heterocycles. The predicted molar refractivity (Wildman–Crippen MR) is 78.7 cm³/mol. The first-order valence-corrected chi connectivity index (χ1v) is 7.36. The van der Waals surface area contributed by atoms with Gasteiger partial charge in [0.25, 0.3) is 0 Å². The van der Waals surface area contributed by atoms with E-state index < -0.39 is 0 Å². The Kier molecular flexibility index (Phi) is 4.25. The molecule has 90 valence electrons. The smallest absolute Gasteiger partial charge is 0.133 e. The van der Waals surface area contributed by atoms with Gasteiger partial charge < -0.3 is 10.5 Å². The molecule has 0 bridgehead atoms. The normalized spacial score (nSPS) is 12.5. The third-order valence-electron chi connectivity index (χ3n) is 2.44. The van der Waals surface area contributed by atoms with E-state index in [1.807, 2.05) is 30.3 Å². The van der Waals surface area contributed by atoms with Gasteiger partial charge in [0.15, 0.2) is 0 Å². The lowest BCUT2D eigenvalue weighted by Crippen LogP contribution is -2.10. The minimum Gasteiger partial charge on any atom is -0.496 e. The summed E-state index contributed by atoms with van der Waals surface area (Å²) in [6, 6.07) is 9.85. The first-order valence-electron chi connectivity index (χ1n) is 4.96. The van der Waals surface area contributed by atoms with Crippen LogP contribution in [0.5, 0.6) is 5.75 Å². The van der Waals surface area contributed by atoms with Crippen LogP contribution in [0.15, 0.2) is 38.6 Å². The molecule has 0 aliphatic carbocycles. The molecule has 17 heavy (non-hydrogen) atoms. The second kappa shape index (κ2) is 5.52. The molecule has 2 aromatic rings. The number of methoxy groups -OCH3 is 1. The maximum absolute atomic E-state index is 6.22. The first-order chi connectivity index (χ1) is 8.11. The van der Waals surface area contributed by atoms with Crippen molar-refractivity contribution in [1.29, 1.82) is 0 Å².